The molecule has 3 aromatic rings. The zero-order chi connectivity index (χ0) is 20.2. The van der Waals surface area contributed by atoms with Crippen LogP contribution in [0.3, 0.4) is 0 Å². The minimum atomic E-state index is 0.204. The van der Waals surface area contributed by atoms with Gasteiger partial charge in [-0.2, -0.15) is 0 Å². The molecule has 1 aliphatic rings. The van der Waals surface area contributed by atoms with Crippen molar-refractivity contribution in [2.45, 2.75) is 19.0 Å². The van der Waals surface area contributed by atoms with Gasteiger partial charge in [0, 0.05) is 32.2 Å². The fourth-order valence-electron chi connectivity index (χ4n) is 4.54. The Morgan fingerprint density at radius 3 is 2.55 bits per heavy atom. The highest BCUT2D eigenvalue weighted by molar-refractivity contribution is 5.83. The molecular weight excluding hydrogens is 356 g/mol. The number of ether oxygens (including phenoxy) is 1. The van der Waals surface area contributed by atoms with Crippen molar-refractivity contribution in [2.75, 3.05) is 33.3 Å². The molecular formula is C26H30N2O. The Morgan fingerprint density at radius 2 is 1.79 bits per heavy atom. The first-order valence-electron chi connectivity index (χ1n) is 10.4. The lowest BCUT2D eigenvalue weighted by molar-refractivity contribution is 0.0671. The summed E-state index contributed by atoms with van der Waals surface area (Å²) in [5.41, 5.74) is 2.62. The molecule has 1 fully saturated rings. The molecule has 0 N–H and O–H groups in total. The van der Waals surface area contributed by atoms with E-state index in [1.54, 1.807) is 7.11 Å². The van der Waals surface area contributed by atoms with Gasteiger partial charge in [-0.1, -0.05) is 54.6 Å². The maximum absolute atomic E-state index is 5.54. The van der Waals surface area contributed by atoms with E-state index in [0.717, 1.165) is 31.9 Å². The van der Waals surface area contributed by atoms with Crippen molar-refractivity contribution in [1.29, 1.82) is 0 Å². The zero-order valence-corrected chi connectivity index (χ0v) is 17.4. The second-order valence-electron chi connectivity index (χ2n) is 7.92. The first-order valence-corrected chi connectivity index (χ1v) is 10.4. The largest absolute Gasteiger partial charge is 0.497 e. The SMILES string of the molecule is C=CCN1CCN(C(c2cccc(OC)c2)c2ccc3ccccc3c2)C(C)C1. The standard InChI is InChI=1S/C26H30N2O/c1-4-14-27-15-16-28(20(2)19-27)26(23-10-7-11-25(18-23)29-3)24-13-12-21-8-5-6-9-22(21)17-24/h4-13,17-18,20,26H,1,14-16,19H2,2-3H3. The third-order valence-corrected chi connectivity index (χ3v) is 5.98. The van der Waals surface area contributed by atoms with Crippen LogP contribution >= 0.6 is 0 Å². The van der Waals surface area contributed by atoms with Crippen molar-refractivity contribution < 1.29 is 4.74 Å². The summed E-state index contributed by atoms with van der Waals surface area (Å²) >= 11 is 0. The zero-order valence-electron chi connectivity index (χ0n) is 17.4. The number of nitrogens with zero attached hydrogens (tertiary/aromatic N) is 2. The highest BCUT2D eigenvalue weighted by Crippen LogP contribution is 2.34. The number of hydrogen-bond acceptors (Lipinski definition) is 3. The van der Waals surface area contributed by atoms with Crippen LogP contribution in [0, 0.1) is 0 Å². The third kappa shape index (κ3) is 4.21. The van der Waals surface area contributed by atoms with Gasteiger partial charge >= 0.3 is 0 Å². The Morgan fingerprint density at radius 1 is 1.00 bits per heavy atom. The van der Waals surface area contributed by atoms with Crippen molar-refractivity contribution in [3.63, 3.8) is 0 Å². The maximum Gasteiger partial charge on any atom is 0.119 e. The van der Waals surface area contributed by atoms with Crippen LogP contribution in [0.2, 0.25) is 0 Å². The van der Waals surface area contributed by atoms with Crippen LogP contribution in [-0.4, -0.2) is 49.1 Å². The fourth-order valence-corrected chi connectivity index (χ4v) is 4.54. The Bertz CT molecular complexity index is 983. The van der Waals surface area contributed by atoms with E-state index < -0.39 is 0 Å². The molecule has 0 aliphatic carbocycles. The Balaban J connectivity index is 1.75. The molecule has 3 nitrogen and oxygen atoms in total. The quantitative estimate of drug-likeness (QED) is 0.546. The summed E-state index contributed by atoms with van der Waals surface area (Å²) in [6.07, 6.45) is 2.01. The first kappa shape index (κ1) is 19.7. The summed E-state index contributed by atoms with van der Waals surface area (Å²) in [4.78, 5) is 5.12. The van der Waals surface area contributed by atoms with E-state index >= 15 is 0 Å². The molecule has 0 bridgehead atoms. The highest BCUT2D eigenvalue weighted by Gasteiger charge is 2.31. The van der Waals surface area contributed by atoms with Gasteiger partial charge in [-0.05, 0) is 47.0 Å². The lowest BCUT2D eigenvalue weighted by Gasteiger charge is -2.44. The number of fused-ring (bicyclic) bond motifs is 1. The van der Waals surface area contributed by atoms with E-state index in [1.165, 1.54) is 21.9 Å². The minimum Gasteiger partial charge on any atom is -0.497 e. The number of hydrogen-bond donors (Lipinski definition) is 0. The molecule has 0 aromatic heterocycles. The molecule has 2 atom stereocenters. The van der Waals surface area contributed by atoms with Crippen LogP contribution in [0.4, 0.5) is 0 Å². The molecule has 29 heavy (non-hydrogen) atoms. The molecule has 0 spiro atoms. The van der Waals surface area contributed by atoms with E-state index in [9.17, 15) is 0 Å². The lowest BCUT2D eigenvalue weighted by Crippen LogP contribution is -2.53. The summed E-state index contributed by atoms with van der Waals surface area (Å²) in [5.74, 6) is 0.909. The molecule has 3 aromatic carbocycles. The molecule has 1 saturated heterocycles. The second kappa shape index (κ2) is 8.81. The summed E-state index contributed by atoms with van der Waals surface area (Å²) in [7, 11) is 1.74. The molecule has 0 amide bonds. The predicted octanol–water partition coefficient (Wildman–Crippen LogP) is 5.13. The molecule has 2 unspecified atom stereocenters. The van der Waals surface area contributed by atoms with Crippen molar-refractivity contribution >= 4 is 10.8 Å². The molecule has 1 heterocycles. The van der Waals surface area contributed by atoms with Crippen molar-refractivity contribution in [3.8, 4) is 5.75 Å². The van der Waals surface area contributed by atoms with Crippen LogP contribution in [-0.2, 0) is 0 Å². The van der Waals surface area contributed by atoms with Gasteiger partial charge in [-0.3, -0.25) is 9.80 Å². The highest BCUT2D eigenvalue weighted by atomic mass is 16.5. The van der Waals surface area contributed by atoms with Gasteiger partial charge in [0.15, 0.2) is 0 Å². The molecule has 4 rings (SSSR count). The summed E-state index contributed by atoms with van der Waals surface area (Å²) in [6.45, 7) is 10.3. The third-order valence-electron chi connectivity index (χ3n) is 5.98. The monoisotopic (exact) mass is 386 g/mol. The normalized spacial score (nSPS) is 19.2. The van der Waals surface area contributed by atoms with E-state index in [-0.39, 0.29) is 6.04 Å². The molecule has 0 radical (unpaired) electrons. The van der Waals surface area contributed by atoms with Crippen molar-refractivity contribution in [2.24, 2.45) is 0 Å². The predicted molar refractivity (Wildman–Crippen MR) is 122 cm³/mol. The molecule has 0 saturated carbocycles. The van der Waals surface area contributed by atoms with Crippen LogP contribution < -0.4 is 4.74 Å². The molecule has 150 valence electrons. The summed E-state index contributed by atoms with van der Waals surface area (Å²) < 4.78 is 5.54. The van der Waals surface area contributed by atoms with Crippen molar-refractivity contribution in [1.82, 2.24) is 9.80 Å². The van der Waals surface area contributed by atoms with E-state index in [2.05, 4.69) is 84.0 Å². The van der Waals surface area contributed by atoms with Crippen LogP contribution in [0.25, 0.3) is 10.8 Å². The first-order chi connectivity index (χ1) is 14.2. The van der Waals surface area contributed by atoms with Crippen LogP contribution in [0.5, 0.6) is 5.75 Å². The average Bonchev–Trinajstić information content (AvgIpc) is 2.76. The van der Waals surface area contributed by atoms with Crippen LogP contribution in [0.15, 0.2) is 79.4 Å². The lowest BCUT2D eigenvalue weighted by atomic mass is 9.93. The summed E-state index contributed by atoms with van der Waals surface area (Å²) in [6, 6.07) is 24.7. The van der Waals surface area contributed by atoms with E-state index in [0.29, 0.717) is 6.04 Å². The number of piperazine rings is 1. The number of benzene rings is 3. The second-order valence-corrected chi connectivity index (χ2v) is 7.92. The van der Waals surface area contributed by atoms with Gasteiger partial charge in [0.1, 0.15) is 5.75 Å². The van der Waals surface area contributed by atoms with Gasteiger partial charge in [0.05, 0.1) is 13.2 Å². The molecule has 3 heteroatoms. The van der Waals surface area contributed by atoms with Gasteiger partial charge in [-0.15, -0.1) is 6.58 Å². The van der Waals surface area contributed by atoms with Crippen molar-refractivity contribution in [3.05, 3.63) is 90.5 Å². The summed E-state index contributed by atoms with van der Waals surface area (Å²) in [5, 5.41) is 2.57. The maximum atomic E-state index is 5.54. The van der Waals surface area contributed by atoms with Crippen LogP contribution in [0.1, 0.15) is 24.1 Å². The number of rotatable bonds is 6. The van der Waals surface area contributed by atoms with Gasteiger partial charge in [0.25, 0.3) is 0 Å². The van der Waals surface area contributed by atoms with Gasteiger partial charge in [-0.25, -0.2) is 0 Å². The smallest absolute Gasteiger partial charge is 0.119 e. The Hall–Kier alpha value is -2.62. The minimum absolute atomic E-state index is 0.204. The average molecular weight is 387 g/mol. The Kier molecular flexibility index (Phi) is 5.98. The van der Waals surface area contributed by atoms with E-state index in [1.807, 2.05) is 12.1 Å². The Labute approximate surface area is 174 Å². The topological polar surface area (TPSA) is 15.7 Å². The number of methoxy groups -OCH3 is 1. The van der Waals surface area contributed by atoms with E-state index in [4.69, 9.17) is 4.74 Å². The molecule has 1 aliphatic heterocycles. The van der Waals surface area contributed by atoms with Gasteiger partial charge < -0.3 is 4.74 Å². The fraction of sp³-hybridized carbons (Fsp3) is 0.308. The van der Waals surface area contributed by atoms with Gasteiger partial charge in [0.2, 0.25) is 0 Å².